The van der Waals surface area contributed by atoms with Gasteiger partial charge in [0.2, 0.25) is 0 Å². The van der Waals surface area contributed by atoms with E-state index < -0.39 is 0 Å². The zero-order valence-electron chi connectivity index (χ0n) is 8.69. The smallest absolute Gasteiger partial charge is 0.120 e. The Labute approximate surface area is 88.8 Å². The molecular formula is C11H15NO3. The maximum Gasteiger partial charge on any atom is 0.120 e. The van der Waals surface area contributed by atoms with Crippen LogP contribution in [0.25, 0.3) is 0 Å². The van der Waals surface area contributed by atoms with Gasteiger partial charge in [-0.15, -0.1) is 0 Å². The Balaban J connectivity index is 1.98. The van der Waals surface area contributed by atoms with Gasteiger partial charge in [-0.2, -0.15) is 0 Å². The summed E-state index contributed by atoms with van der Waals surface area (Å²) in [5.41, 5.74) is 0.848. The molecule has 1 aromatic rings. The van der Waals surface area contributed by atoms with Crippen molar-refractivity contribution < 1.29 is 14.6 Å². The highest BCUT2D eigenvalue weighted by atomic mass is 16.5. The fourth-order valence-corrected chi connectivity index (χ4v) is 1.44. The van der Waals surface area contributed by atoms with Crippen LogP contribution in [0.1, 0.15) is 5.56 Å². The first kappa shape index (κ1) is 10.3. The second-order valence-electron chi connectivity index (χ2n) is 3.61. The lowest BCUT2D eigenvalue weighted by Gasteiger charge is -2.27. The molecule has 15 heavy (non-hydrogen) atoms. The molecule has 1 aromatic carbocycles. The lowest BCUT2D eigenvalue weighted by molar-refractivity contribution is -0.00585. The summed E-state index contributed by atoms with van der Waals surface area (Å²) >= 11 is 0. The van der Waals surface area contributed by atoms with Crippen molar-refractivity contribution in [3.8, 4) is 11.5 Å². The van der Waals surface area contributed by atoms with E-state index >= 15 is 0 Å². The first-order chi connectivity index (χ1) is 7.29. The number of ether oxygens (including phenoxy) is 2. The van der Waals surface area contributed by atoms with Crippen LogP contribution in [0, 0.1) is 0 Å². The maximum absolute atomic E-state index is 9.61. The van der Waals surface area contributed by atoms with Crippen molar-refractivity contribution in [2.24, 2.45) is 0 Å². The van der Waals surface area contributed by atoms with Crippen LogP contribution in [0.3, 0.4) is 0 Å². The second kappa shape index (κ2) is 4.51. The monoisotopic (exact) mass is 209 g/mol. The molecule has 1 aliphatic heterocycles. The Hall–Kier alpha value is -1.26. The van der Waals surface area contributed by atoms with Gasteiger partial charge in [0.25, 0.3) is 0 Å². The molecule has 1 heterocycles. The molecule has 0 aromatic heterocycles. The van der Waals surface area contributed by atoms with Gasteiger partial charge >= 0.3 is 0 Å². The van der Waals surface area contributed by atoms with Crippen molar-refractivity contribution in [1.29, 1.82) is 0 Å². The number of nitrogens with one attached hydrogen (secondary N) is 1. The predicted octanol–water partition coefficient (Wildman–Crippen LogP) is 0.889. The molecule has 0 bridgehead atoms. The summed E-state index contributed by atoms with van der Waals surface area (Å²) in [4.78, 5) is 0. The first-order valence-electron chi connectivity index (χ1n) is 4.96. The van der Waals surface area contributed by atoms with Crippen molar-refractivity contribution in [2.75, 3.05) is 20.3 Å². The van der Waals surface area contributed by atoms with Gasteiger partial charge in [-0.1, -0.05) is 0 Å². The zero-order valence-corrected chi connectivity index (χ0v) is 8.69. The zero-order chi connectivity index (χ0) is 10.7. The van der Waals surface area contributed by atoms with Crippen molar-refractivity contribution in [1.82, 2.24) is 5.32 Å². The van der Waals surface area contributed by atoms with Gasteiger partial charge in [0, 0.05) is 12.1 Å². The summed E-state index contributed by atoms with van der Waals surface area (Å²) in [7, 11) is 1.61. The van der Waals surface area contributed by atoms with Gasteiger partial charge in [0.1, 0.15) is 11.5 Å². The molecule has 2 rings (SSSR count). The largest absolute Gasteiger partial charge is 0.508 e. The molecule has 4 heteroatoms. The number of benzene rings is 1. The first-order valence-corrected chi connectivity index (χ1v) is 4.96. The van der Waals surface area contributed by atoms with Crippen LogP contribution in [0.15, 0.2) is 18.2 Å². The molecule has 4 nitrogen and oxygen atoms in total. The fourth-order valence-electron chi connectivity index (χ4n) is 1.44. The van der Waals surface area contributed by atoms with E-state index in [2.05, 4.69) is 5.32 Å². The average Bonchev–Trinajstić information content (AvgIpc) is 2.18. The highest BCUT2D eigenvalue weighted by molar-refractivity contribution is 5.39. The summed E-state index contributed by atoms with van der Waals surface area (Å²) < 4.78 is 10.1. The lowest BCUT2D eigenvalue weighted by atomic mass is 10.1. The topological polar surface area (TPSA) is 50.7 Å². The summed E-state index contributed by atoms with van der Waals surface area (Å²) in [6.45, 7) is 2.15. The molecule has 0 radical (unpaired) electrons. The van der Waals surface area contributed by atoms with Gasteiger partial charge in [0.15, 0.2) is 0 Å². The third-order valence-electron chi connectivity index (χ3n) is 2.51. The number of hydrogen-bond donors (Lipinski definition) is 2. The Morgan fingerprint density at radius 3 is 2.93 bits per heavy atom. The summed E-state index contributed by atoms with van der Waals surface area (Å²) in [6.07, 6.45) is 0. The van der Waals surface area contributed by atoms with E-state index in [0.29, 0.717) is 18.3 Å². The third-order valence-corrected chi connectivity index (χ3v) is 2.51. The normalized spacial score (nSPS) is 16.1. The molecule has 0 amide bonds. The van der Waals surface area contributed by atoms with Crippen LogP contribution in [-0.4, -0.2) is 31.5 Å². The molecule has 0 aliphatic carbocycles. The molecule has 82 valence electrons. The van der Waals surface area contributed by atoms with E-state index in [4.69, 9.17) is 9.47 Å². The number of phenols is 1. The molecule has 1 aliphatic rings. The molecular weight excluding hydrogens is 194 g/mol. The number of rotatable bonds is 4. The van der Waals surface area contributed by atoms with E-state index in [-0.39, 0.29) is 0 Å². The van der Waals surface area contributed by atoms with Gasteiger partial charge < -0.3 is 19.9 Å². The highest BCUT2D eigenvalue weighted by Crippen LogP contribution is 2.22. The van der Waals surface area contributed by atoms with Gasteiger partial charge in [-0.25, -0.2) is 0 Å². The van der Waals surface area contributed by atoms with Crippen LogP contribution in [0.4, 0.5) is 0 Å². The third kappa shape index (κ3) is 2.40. The van der Waals surface area contributed by atoms with E-state index in [0.717, 1.165) is 24.5 Å². The molecule has 0 spiro atoms. The molecule has 0 atom stereocenters. The van der Waals surface area contributed by atoms with Crippen LogP contribution in [0.5, 0.6) is 11.5 Å². The SMILES string of the molecule is COc1ccc(O)c(CNC2COC2)c1. The highest BCUT2D eigenvalue weighted by Gasteiger charge is 2.17. The van der Waals surface area contributed by atoms with Crippen molar-refractivity contribution >= 4 is 0 Å². The Bertz CT molecular complexity index is 337. The van der Waals surface area contributed by atoms with Gasteiger partial charge in [0.05, 0.1) is 26.4 Å². The van der Waals surface area contributed by atoms with Crippen molar-refractivity contribution in [2.45, 2.75) is 12.6 Å². The van der Waals surface area contributed by atoms with Crippen LogP contribution in [-0.2, 0) is 11.3 Å². The second-order valence-corrected chi connectivity index (χ2v) is 3.61. The van der Waals surface area contributed by atoms with Gasteiger partial charge in [-0.05, 0) is 18.2 Å². The quantitative estimate of drug-likeness (QED) is 0.773. The standard InChI is InChI=1S/C11H15NO3/c1-14-10-2-3-11(13)8(4-10)5-12-9-6-15-7-9/h2-4,9,12-13H,5-7H2,1H3. The molecule has 2 N–H and O–H groups in total. The predicted molar refractivity (Wildman–Crippen MR) is 56.1 cm³/mol. The van der Waals surface area contributed by atoms with Crippen molar-refractivity contribution in [3.63, 3.8) is 0 Å². The van der Waals surface area contributed by atoms with Crippen LogP contribution >= 0.6 is 0 Å². The minimum absolute atomic E-state index is 0.295. The fraction of sp³-hybridized carbons (Fsp3) is 0.455. The summed E-state index contributed by atoms with van der Waals surface area (Å²) in [6, 6.07) is 5.64. The number of methoxy groups -OCH3 is 1. The van der Waals surface area contributed by atoms with Gasteiger partial charge in [-0.3, -0.25) is 0 Å². The van der Waals surface area contributed by atoms with Crippen LogP contribution in [0.2, 0.25) is 0 Å². The minimum Gasteiger partial charge on any atom is -0.508 e. The number of phenolic OH excluding ortho intramolecular Hbond substituents is 1. The number of hydrogen-bond acceptors (Lipinski definition) is 4. The van der Waals surface area contributed by atoms with E-state index in [1.54, 1.807) is 19.2 Å². The summed E-state index contributed by atoms with van der Waals surface area (Å²) in [5.74, 6) is 1.05. The van der Waals surface area contributed by atoms with E-state index in [1.165, 1.54) is 0 Å². The molecule has 1 fully saturated rings. The Morgan fingerprint density at radius 1 is 1.53 bits per heavy atom. The average molecular weight is 209 g/mol. The molecule has 1 saturated heterocycles. The van der Waals surface area contributed by atoms with Crippen molar-refractivity contribution in [3.05, 3.63) is 23.8 Å². The Kier molecular flexibility index (Phi) is 3.08. The summed E-state index contributed by atoms with van der Waals surface area (Å²) in [5, 5.41) is 12.9. The lowest BCUT2D eigenvalue weighted by Crippen LogP contribution is -2.45. The Morgan fingerprint density at radius 2 is 2.33 bits per heavy atom. The minimum atomic E-state index is 0.295. The van der Waals surface area contributed by atoms with Crippen LogP contribution < -0.4 is 10.1 Å². The number of aromatic hydroxyl groups is 1. The molecule has 0 unspecified atom stereocenters. The van der Waals surface area contributed by atoms with E-state index in [9.17, 15) is 5.11 Å². The maximum atomic E-state index is 9.61. The van der Waals surface area contributed by atoms with E-state index in [1.807, 2.05) is 6.07 Å². The molecule has 0 saturated carbocycles.